The third-order valence-corrected chi connectivity index (χ3v) is 3.67. The number of hydrogen-bond acceptors (Lipinski definition) is 4. The summed E-state index contributed by atoms with van der Waals surface area (Å²) in [5.41, 5.74) is 2.13. The summed E-state index contributed by atoms with van der Waals surface area (Å²) in [7, 11) is 3.87. The highest BCUT2D eigenvalue weighted by Crippen LogP contribution is 2.19. The Hall–Kier alpha value is -1.21. The SMILES string of the molecule is Cc1nn(C)c(CNCc2nncn2C)c1Br. The summed E-state index contributed by atoms with van der Waals surface area (Å²) >= 11 is 3.54. The van der Waals surface area contributed by atoms with Crippen molar-refractivity contribution in [2.45, 2.75) is 20.0 Å². The van der Waals surface area contributed by atoms with Gasteiger partial charge in [0.25, 0.3) is 0 Å². The summed E-state index contributed by atoms with van der Waals surface area (Å²) in [4.78, 5) is 0. The molecule has 0 amide bonds. The Morgan fingerprint density at radius 1 is 1.35 bits per heavy atom. The van der Waals surface area contributed by atoms with Crippen LogP contribution in [0.4, 0.5) is 0 Å². The number of rotatable bonds is 4. The van der Waals surface area contributed by atoms with Gasteiger partial charge in [-0.15, -0.1) is 10.2 Å². The minimum Gasteiger partial charge on any atom is -0.320 e. The van der Waals surface area contributed by atoms with Crippen molar-refractivity contribution in [3.8, 4) is 0 Å². The molecule has 0 radical (unpaired) electrons. The zero-order valence-corrected chi connectivity index (χ0v) is 11.7. The summed E-state index contributed by atoms with van der Waals surface area (Å²) in [5.74, 6) is 0.917. The molecule has 1 N–H and O–H groups in total. The molecule has 7 heteroatoms. The standard InChI is InChI=1S/C10H15BrN6/c1-7-10(11)8(17(3)15-7)4-12-5-9-14-13-6-16(9)2/h6,12H,4-5H2,1-3H3. The average molecular weight is 299 g/mol. The Balaban J connectivity index is 1.97. The third-order valence-electron chi connectivity index (χ3n) is 2.64. The first-order valence-corrected chi connectivity index (χ1v) is 6.10. The maximum absolute atomic E-state index is 4.34. The van der Waals surface area contributed by atoms with Crippen LogP contribution in [0, 0.1) is 6.92 Å². The van der Waals surface area contributed by atoms with E-state index < -0.39 is 0 Å². The second kappa shape index (κ2) is 4.97. The topological polar surface area (TPSA) is 60.6 Å². The van der Waals surface area contributed by atoms with Crippen molar-refractivity contribution < 1.29 is 0 Å². The quantitative estimate of drug-likeness (QED) is 0.911. The minimum absolute atomic E-state index is 0.688. The average Bonchev–Trinajstić information content (AvgIpc) is 2.78. The third kappa shape index (κ3) is 2.55. The van der Waals surface area contributed by atoms with Crippen LogP contribution in [-0.2, 0) is 27.2 Å². The van der Waals surface area contributed by atoms with E-state index in [0.29, 0.717) is 6.54 Å². The van der Waals surface area contributed by atoms with Gasteiger partial charge in [-0.05, 0) is 22.9 Å². The fourth-order valence-corrected chi connectivity index (χ4v) is 2.11. The predicted molar refractivity (Wildman–Crippen MR) is 67.2 cm³/mol. The number of nitrogens with one attached hydrogen (secondary N) is 1. The molecular weight excluding hydrogens is 284 g/mol. The largest absolute Gasteiger partial charge is 0.320 e. The Labute approximate surface area is 108 Å². The fourth-order valence-electron chi connectivity index (χ4n) is 1.63. The van der Waals surface area contributed by atoms with Crippen LogP contribution in [-0.4, -0.2) is 24.5 Å². The van der Waals surface area contributed by atoms with Crippen molar-refractivity contribution >= 4 is 15.9 Å². The van der Waals surface area contributed by atoms with Gasteiger partial charge in [0, 0.05) is 20.6 Å². The molecular formula is C10H15BrN6. The molecule has 0 saturated heterocycles. The molecule has 0 spiro atoms. The van der Waals surface area contributed by atoms with E-state index in [1.807, 2.05) is 30.3 Å². The summed E-state index contributed by atoms with van der Waals surface area (Å²) in [5, 5.41) is 15.5. The lowest BCUT2D eigenvalue weighted by Gasteiger charge is -2.05. The van der Waals surface area contributed by atoms with Crippen LogP contribution in [0.25, 0.3) is 0 Å². The molecule has 0 aromatic carbocycles. The first-order valence-electron chi connectivity index (χ1n) is 5.31. The Morgan fingerprint density at radius 3 is 2.65 bits per heavy atom. The lowest BCUT2D eigenvalue weighted by atomic mass is 10.3. The number of halogens is 1. The molecule has 2 heterocycles. The van der Waals surface area contributed by atoms with Crippen LogP contribution >= 0.6 is 15.9 Å². The van der Waals surface area contributed by atoms with E-state index in [1.54, 1.807) is 6.33 Å². The molecule has 2 aromatic heterocycles. The van der Waals surface area contributed by atoms with E-state index in [0.717, 1.165) is 28.2 Å². The molecule has 6 nitrogen and oxygen atoms in total. The minimum atomic E-state index is 0.688. The van der Waals surface area contributed by atoms with Crippen LogP contribution in [0.1, 0.15) is 17.2 Å². The Bertz CT molecular complexity index is 515. The zero-order valence-electron chi connectivity index (χ0n) is 10.1. The predicted octanol–water partition coefficient (Wildman–Crippen LogP) is 0.909. The van der Waals surface area contributed by atoms with Gasteiger partial charge in [0.1, 0.15) is 12.2 Å². The Kier molecular flexibility index (Phi) is 3.58. The van der Waals surface area contributed by atoms with Crippen LogP contribution in [0.5, 0.6) is 0 Å². The summed E-state index contributed by atoms with van der Waals surface area (Å²) in [6.07, 6.45) is 1.70. The molecule has 92 valence electrons. The van der Waals surface area contributed by atoms with Crippen LogP contribution in [0.3, 0.4) is 0 Å². The highest BCUT2D eigenvalue weighted by atomic mass is 79.9. The van der Waals surface area contributed by atoms with Crippen molar-refractivity contribution in [2.75, 3.05) is 0 Å². The van der Waals surface area contributed by atoms with Crippen molar-refractivity contribution in [1.82, 2.24) is 29.9 Å². The molecule has 0 unspecified atom stereocenters. The van der Waals surface area contributed by atoms with E-state index in [2.05, 4.69) is 36.5 Å². The zero-order chi connectivity index (χ0) is 12.4. The van der Waals surface area contributed by atoms with Crippen molar-refractivity contribution in [3.05, 3.63) is 28.0 Å². The molecule has 0 bridgehead atoms. The van der Waals surface area contributed by atoms with Gasteiger partial charge in [0.05, 0.1) is 22.4 Å². The lowest BCUT2D eigenvalue weighted by molar-refractivity contribution is 0.596. The molecule has 0 atom stereocenters. The van der Waals surface area contributed by atoms with Crippen LogP contribution in [0.2, 0.25) is 0 Å². The summed E-state index contributed by atoms with van der Waals surface area (Å²) in [6, 6.07) is 0. The monoisotopic (exact) mass is 298 g/mol. The van der Waals surface area contributed by atoms with Crippen molar-refractivity contribution in [3.63, 3.8) is 0 Å². The second-order valence-electron chi connectivity index (χ2n) is 3.93. The van der Waals surface area contributed by atoms with E-state index in [1.165, 1.54) is 0 Å². The molecule has 0 saturated carbocycles. The van der Waals surface area contributed by atoms with Gasteiger partial charge in [-0.25, -0.2) is 0 Å². The summed E-state index contributed by atoms with van der Waals surface area (Å²) in [6.45, 7) is 3.41. The summed E-state index contributed by atoms with van der Waals surface area (Å²) < 4.78 is 4.84. The van der Waals surface area contributed by atoms with Gasteiger partial charge in [-0.2, -0.15) is 5.10 Å². The van der Waals surface area contributed by atoms with Gasteiger partial charge in [-0.3, -0.25) is 4.68 Å². The molecule has 0 aliphatic carbocycles. The normalized spacial score (nSPS) is 11.1. The number of aromatic nitrogens is 5. The molecule has 17 heavy (non-hydrogen) atoms. The van der Waals surface area contributed by atoms with E-state index in [4.69, 9.17) is 0 Å². The number of nitrogens with zero attached hydrogens (tertiary/aromatic N) is 5. The van der Waals surface area contributed by atoms with Crippen LogP contribution in [0.15, 0.2) is 10.8 Å². The molecule has 2 rings (SSSR count). The van der Waals surface area contributed by atoms with Gasteiger partial charge in [0.2, 0.25) is 0 Å². The van der Waals surface area contributed by atoms with Gasteiger partial charge < -0.3 is 9.88 Å². The molecule has 0 aliphatic rings. The van der Waals surface area contributed by atoms with E-state index in [-0.39, 0.29) is 0 Å². The molecule has 2 aromatic rings. The lowest BCUT2D eigenvalue weighted by Crippen LogP contribution is -2.17. The first-order chi connectivity index (χ1) is 8.09. The van der Waals surface area contributed by atoms with Crippen molar-refractivity contribution in [2.24, 2.45) is 14.1 Å². The van der Waals surface area contributed by atoms with Crippen molar-refractivity contribution in [1.29, 1.82) is 0 Å². The molecule has 0 aliphatic heterocycles. The second-order valence-corrected chi connectivity index (χ2v) is 4.72. The number of hydrogen-bond donors (Lipinski definition) is 1. The smallest absolute Gasteiger partial charge is 0.146 e. The van der Waals surface area contributed by atoms with Crippen LogP contribution < -0.4 is 5.32 Å². The van der Waals surface area contributed by atoms with Gasteiger partial charge in [-0.1, -0.05) is 0 Å². The highest BCUT2D eigenvalue weighted by molar-refractivity contribution is 9.10. The Morgan fingerprint density at radius 2 is 2.12 bits per heavy atom. The van der Waals surface area contributed by atoms with E-state index >= 15 is 0 Å². The first kappa shape index (κ1) is 12.3. The maximum atomic E-state index is 4.34. The van der Waals surface area contributed by atoms with E-state index in [9.17, 15) is 0 Å². The maximum Gasteiger partial charge on any atom is 0.146 e. The molecule has 0 fully saturated rings. The highest BCUT2D eigenvalue weighted by Gasteiger charge is 2.10. The van der Waals surface area contributed by atoms with Gasteiger partial charge in [0.15, 0.2) is 0 Å². The number of aryl methyl sites for hydroxylation is 3. The van der Waals surface area contributed by atoms with Gasteiger partial charge >= 0.3 is 0 Å². The fraction of sp³-hybridized carbons (Fsp3) is 0.500.